The van der Waals surface area contributed by atoms with Crippen molar-refractivity contribution in [2.24, 2.45) is 5.92 Å². The molecular formula is C18H23NO2. The van der Waals surface area contributed by atoms with E-state index in [1.807, 2.05) is 25.1 Å². The predicted molar refractivity (Wildman–Crippen MR) is 84.1 cm³/mol. The van der Waals surface area contributed by atoms with Crippen LogP contribution in [-0.4, -0.2) is 24.2 Å². The topological polar surface area (TPSA) is 49.3 Å². The first-order chi connectivity index (χ1) is 10.2. The van der Waals surface area contributed by atoms with E-state index in [9.17, 15) is 4.79 Å². The van der Waals surface area contributed by atoms with Crippen molar-refractivity contribution in [3.63, 3.8) is 0 Å². The Balaban J connectivity index is 1.96. The fourth-order valence-corrected chi connectivity index (χ4v) is 2.27. The molecule has 1 amide bonds. The van der Waals surface area contributed by atoms with Crippen LogP contribution in [0.15, 0.2) is 18.2 Å². The monoisotopic (exact) mass is 285 g/mol. The normalized spacial score (nSPS) is 13.4. The average Bonchev–Trinajstić information content (AvgIpc) is 3.28. The van der Waals surface area contributed by atoms with Crippen LogP contribution in [-0.2, 0) is 0 Å². The van der Waals surface area contributed by atoms with Crippen molar-refractivity contribution < 1.29 is 9.90 Å². The van der Waals surface area contributed by atoms with Crippen LogP contribution in [0.2, 0.25) is 0 Å². The SMILES string of the molecule is Cc1ccc(C(=O)NCCCC2CC2)c(C#CCCO)c1. The molecule has 1 saturated carbocycles. The van der Waals surface area contributed by atoms with Crippen molar-refractivity contribution in [2.75, 3.05) is 13.2 Å². The van der Waals surface area contributed by atoms with Crippen molar-refractivity contribution in [1.82, 2.24) is 5.32 Å². The Labute approximate surface area is 126 Å². The maximum absolute atomic E-state index is 12.2. The lowest BCUT2D eigenvalue weighted by Crippen LogP contribution is -2.25. The molecule has 112 valence electrons. The highest BCUT2D eigenvalue weighted by Gasteiger charge is 2.20. The number of benzene rings is 1. The molecular weight excluding hydrogens is 262 g/mol. The van der Waals surface area contributed by atoms with Crippen LogP contribution in [0.5, 0.6) is 0 Å². The summed E-state index contributed by atoms with van der Waals surface area (Å²) in [5.74, 6) is 6.72. The number of nitrogens with one attached hydrogen (secondary N) is 1. The lowest BCUT2D eigenvalue weighted by Gasteiger charge is -2.07. The lowest BCUT2D eigenvalue weighted by molar-refractivity contribution is 0.0952. The Morgan fingerprint density at radius 1 is 1.43 bits per heavy atom. The largest absolute Gasteiger partial charge is 0.395 e. The van der Waals surface area contributed by atoms with Crippen LogP contribution in [0, 0.1) is 24.7 Å². The number of hydrogen-bond donors (Lipinski definition) is 2. The first-order valence-corrected chi connectivity index (χ1v) is 7.69. The van der Waals surface area contributed by atoms with Crippen molar-refractivity contribution in [3.05, 3.63) is 34.9 Å². The van der Waals surface area contributed by atoms with Gasteiger partial charge in [0.1, 0.15) is 0 Å². The molecule has 2 N–H and O–H groups in total. The highest BCUT2D eigenvalue weighted by molar-refractivity contribution is 5.96. The first-order valence-electron chi connectivity index (χ1n) is 7.69. The number of aliphatic hydroxyl groups is 1. The summed E-state index contributed by atoms with van der Waals surface area (Å²) in [5, 5.41) is 11.8. The Bertz CT molecular complexity index is 550. The standard InChI is InChI=1S/C18H23NO2/c1-14-7-10-17(16(13-14)6-2-3-12-20)18(21)19-11-4-5-15-8-9-15/h7,10,13,15,20H,3-5,8-9,11-12H2,1H3,(H,19,21). The molecule has 1 aliphatic rings. The minimum atomic E-state index is -0.0564. The molecule has 0 spiro atoms. The zero-order valence-corrected chi connectivity index (χ0v) is 12.6. The molecule has 21 heavy (non-hydrogen) atoms. The van der Waals surface area contributed by atoms with E-state index < -0.39 is 0 Å². The van der Waals surface area contributed by atoms with Gasteiger partial charge in [-0.2, -0.15) is 0 Å². The van der Waals surface area contributed by atoms with Crippen molar-refractivity contribution in [2.45, 2.75) is 39.0 Å². The zero-order valence-electron chi connectivity index (χ0n) is 12.6. The molecule has 0 radical (unpaired) electrons. The Morgan fingerprint density at radius 2 is 2.24 bits per heavy atom. The maximum atomic E-state index is 12.2. The van der Waals surface area contributed by atoms with E-state index in [1.54, 1.807) is 0 Å². The summed E-state index contributed by atoms with van der Waals surface area (Å²) in [4.78, 5) is 12.2. The summed E-state index contributed by atoms with van der Waals surface area (Å²) < 4.78 is 0. The van der Waals surface area contributed by atoms with Crippen LogP contribution in [0.25, 0.3) is 0 Å². The third-order valence-electron chi connectivity index (χ3n) is 3.65. The molecule has 0 atom stereocenters. The third kappa shape index (κ3) is 5.24. The van der Waals surface area contributed by atoms with Gasteiger partial charge in [-0.15, -0.1) is 0 Å². The minimum Gasteiger partial charge on any atom is -0.395 e. The maximum Gasteiger partial charge on any atom is 0.252 e. The number of aryl methyl sites for hydroxylation is 1. The van der Waals surface area contributed by atoms with Gasteiger partial charge in [-0.05, 0) is 43.4 Å². The number of hydrogen-bond acceptors (Lipinski definition) is 2. The van der Waals surface area contributed by atoms with Gasteiger partial charge in [-0.3, -0.25) is 4.79 Å². The van der Waals surface area contributed by atoms with Crippen LogP contribution in [0.4, 0.5) is 0 Å². The molecule has 1 aliphatic carbocycles. The molecule has 0 heterocycles. The van der Waals surface area contributed by atoms with Gasteiger partial charge >= 0.3 is 0 Å². The van der Waals surface area contributed by atoms with Crippen molar-refractivity contribution in [1.29, 1.82) is 0 Å². The van der Waals surface area contributed by atoms with Crippen LogP contribution < -0.4 is 5.32 Å². The molecule has 0 aliphatic heterocycles. The summed E-state index contributed by atoms with van der Waals surface area (Å²) in [6.45, 7) is 2.75. The highest BCUT2D eigenvalue weighted by Crippen LogP contribution is 2.33. The van der Waals surface area contributed by atoms with E-state index in [0.717, 1.165) is 30.0 Å². The van der Waals surface area contributed by atoms with Gasteiger partial charge in [0.25, 0.3) is 5.91 Å². The van der Waals surface area contributed by atoms with E-state index in [-0.39, 0.29) is 12.5 Å². The number of rotatable bonds is 6. The highest BCUT2D eigenvalue weighted by atomic mass is 16.2. The first kappa shape index (κ1) is 15.6. The lowest BCUT2D eigenvalue weighted by atomic mass is 10.0. The number of carbonyl (C=O) groups is 1. The Morgan fingerprint density at radius 3 is 2.95 bits per heavy atom. The van der Waals surface area contributed by atoms with E-state index in [4.69, 9.17) is 5.11 Å². The Hall–Kier alpha value is -1.79. The quantitative estimate of drug-likeness (QED) is 0.623. The number of amides is 1. The fraction of sp³-hybridized carbons (Fsp3) is 0.500. The fourth-order valence-electron chi connectivity index (χ4n) is 2.27. The molecule has 2 rings (SSSR count). The second kappa shape index (κ2) is 7.85. The molecule has 1 aromatic carbocycles. The van der Waals surface area contributed by atoms with Crippen molar-refractivity contribution in [3.8, 4) is 11.8 Å². The predicted octanol–water partition coefficient (Wildman–Crippen LogP) is 2.65. The zero-order chi connectivity index (χ0) is 15.1. The smallest absolute Gasteiger partial charge is 0.252 e. The summed E-state index contributed by atoms with van der Waals surface area (Å²) in [6.07, 6.45) is 5.41. The number of carbonyl (C=O) groups excluding carboxylic acids is 1. The van der Waals surface area contributed by atoms with Gasteiger partial charge in [-0.25, -0.2) is 0 Å². The minimum absolute atomic E-state index is 0.0432. The molecule has 1 aromatic rings. The second-order valence-corrected chi connectivity index (χ2v) is 5.67. The summed E-state index contributed by atoms with van der Waals surface area (Å²) in [7, 11) is 0. The van der Waals surface area contributed by atoms with Crippen LogP contribution in [0.1, 0.15) is 53.6 Å². The van der Waals surface area contributed by atoms with E-state index in [0.29, 0.717) is 12.0 Å². The summed E-state index contributed by atoms with van der Waals surface area (Å²) in [6, 6.07) is 5.67. The van der Waals surface area contributed by atoms with E-state index in [1.165, 1.54) is 19.3 Å². The van der Waals surface area contributed by atoms with Crippen LogP contribution >= 0.6 is 0 Å². The van der Waals surface area contributed by atoms with E-state index in [2.05, 4.69) is 17.2 Å². The molecule has 0 aromatic heterocycles. The van der Waals surface area contributed by atoms with Gasteiger partial charge in [0.2, 0.25) is 0 Å². The van der Waals surface area contributed by atoms with Crippen molar-refractivity contribution >= 4 is 5.91 Å². The third-order valence-corrected chi connectivity index (χ3v) is 3.65. The Kier molecular flexibility index (Phi) is 5.83. The van der Waals surface area contributed by atoms with Gasteiger partial charge in [0.15, 0.2) is 0 Å². The molecule has 0 saturated heterocycles. The summed E-state index contributed by atoms with van der Waals surface area (Å²) in [5.41, 5.74) is 2.44. The van der Waals surface area contributed by atoms with Crippen LogP contribution in [0.3, 0.4) is 0 Å². The second-order valence-electron chi connectivity index (χ2n) is 5.67. The summed E-state index contributed by atoms with van der Waals surface area (Å²) >= 11 is 0. The van der Waals surface area contributed by atoms with Gasteiger partial charge in [0.05, 0.1) is 12.2 Å². The molecule has 3 heteroatoms. The average molecular weight is 285 g/mol. The molecule has 3 nitrogen and oxygen atoms in total. The van der Waals surface area contributed by atoms with E-state index >= 15 is 0 Å². The number of aliphatic hydroxyl groups excluding tert-OH is 1. The molecule has 0 bridgehead atoms. The van der Waals surface area contributed by atoms with Gasteiger partial charge in [-0.1, -0.05) is 30.7 Å². The van der Waals surface area contributed by atoms with Gasteiger partial charge < -0.3 is 10.4 Å². The molecule has 0 unspecified atom stereocenters. The van der Waals surface area contributed by atoms with Gasteiger partial charge in [0, 0.05) is 18.5 Å². The molecule has 1 fully saturated rings.